The highest BCUT2D eigenvalue weighted by Gasteiger charge is 2.46. The molecule has 2 aliphatic heterocycles. The molecule has 2 fully saturated rings. The van der Waals surface area contributed by atoms with Crippen molar-refractivity contribution in [3.8, 4) is 0 Å². The van der Waals surface area contributed by atoms with Crippen molar-refractivity contribution in [2.75, 3.05) is 18.8 Å². The summed E-state index contributed by atoms with van der Waals surface area (Å²) in [7, 11) is -3.60. The summed E-state index contributed by atoms with van der Waals surface area (Å²) in [6.45, 7) is 1.28. The number of piperazine rings is 1. The molecule has 0 radical (unpaired) electrons. The predicted octanol–water partition coefficient (Wildman–Crippen LogP) is 1.83. The van der Waals surface area contributed by atoms with Crippen LogP contribution in [0.2, 0.25) is 0 Å². The van der Waals surface area contributed by atoms with Crippen LogP contribution in [0.3, 0.4) is 0 Å². The van der Waals surface area contributed by atoms with Gasteiger partial charge in [-0.25, -0.2) is 13.2 Å². The molecule has 0 saturated carbocycles. The molecule has 0 aliphatic carbocycles. The number of nitrogens with zero attached hydrogens (tertiary/aromatic N) is 2. The van der Waals surface area contributed by atoms with Crippen LogP contribution >= 0.6 is 0 Å². The Hall–Kier alpha value is -2.98. The molecule has 2 N–H and O–H groups in total. The van der Waals surface area contributed by atoms with Gasteiger partial charge in [-0.3, -0.25) is 9.59 Å². The van der Waals surface area contributed by atoms with Crippen LogP contribution in [0.5, 0.6) is 0 Å². The van der Waals surface area contributed by atoms with E-state index in [-0.39, 0.29) is 18.8 Å². The third kappa shape index (κ3) is 4.65. The lowest BCUT2D eigenvalue weighted by atomic mass is 9.94. The van der Waals surface area contributed by atoms with Crippen molar-refractivity contribution in [1.82, 2.24) is 14.5 Å². The minimum atomic E-state index is -3.60. The molecule has 34 heavy (non-hydrogen) atoms. The van der Waals surface area contributed by atoms with Gasteiger partial charge in [-0.15, -0.1) is 0 Å². The van der Waals surface area contributed by atoms with Gasteiger partial charge in [0.15, 0.2) is 0 Å². The zero-order valence-electron chi connectivity index (χ0n) is 19.0. The average Bonchev–Trinajstić information content (AvgIpc) is 2.83. The van der Waals surface area contributed by atoms with Crippen LogP contribution in [-0.4, -0.2) is 77.5 Å². The zero-order valence-corrected chi connectivity index (χ0v) is 19.8. The number of carbonyl (C=O) groups is 3. The number of sulfonamides is 1. The van der Waals surface area contributed by atoms with Gasteiger partial charge in [-0.2, -0.15) is 4.31 Å². The van der Waals surface area contributed by atoms with Crippen LogP contribution < -0.4 is 5.32 Å². The Morgan fingerprint density at radius 1 is 1.06 bits per heavy atom. The highest BCUT2D eigenvalue weighted by molar-refractivity contribution is 7.89. The van der Waals surface area contributed by atoms with Crippen LogP contribution in [0.25, 0.3) is 10.8 Å². The van der Waals surface area contributed by atoms with Crippen molar-refractivity contribution in [3.05, 3.63) is 48.0 Å². The summed E-state index contributed by atoms with van der Waals surface area (Å²) in [5, 5.41) is 14.4. The van der Waals surface area contributed by atoms with Gasteiger partial charge in [-0.1, -0.05) is 49.2 Å². The average molecular weight is 488 g/mol. The van der Waals surface area contributed by atoms with Gasteiger partial charge in [0, 0.05) is 24.7 Å². The summed E-state index contributed by atoms with van der Waals surface area (Å²) < 4.78 is 26.1. The molecular weight excluding hydrogens is 458 g/mol. The monoisotopic (exact) mass is 487 g/mol. The van der Waals surface area contributed by atoms with Gasteiger partial charge < -0.3 is 15.3 Å². The fourth-order valence-corrected chi connectivity index (χ4v) is 6.06. The van der Waals surface area contributed by atoms with Gasteiger partial charge in [0.1, 0.15) is 12.1 Å². The zero-order chi connectivity index (χ0) is 24.5. The normalized spacial score (nSPS) is 24.2. The van der Waals surface area contributed by atoms with Crippen LogP contribution in [0.15, 0.2) is 42.5 Å². The molecule has 10 heteroatoms. The first-order valence-electron chi connectivity index (χ1n) is 11.5. The van der Waals surface area contributed by atoms with Gasteiger partial charge in [-0.05, 0) is 36.6 Å². The van der Waals surface area contributed by atoms with Crippen molar-refractivity contribution in [2.24, 2.45) is 0 Å². The Bertz CT molecular complexity index is 1210. The van der Waals surface area contributed by atoms with Crippen LogP contribution in [0.1, 0.15) is 43.0 Å². The molecule has 9 nitrogen and oxygen atoms in total. The maximum atomic E-state index is 13.6. The molecule has 2 aliphatic rings. The minimum absolute atomic E-state index is 0.0652. The largest absolute Gasteiger partial charge is 0.480 e. The molecular formula is C24H29N3O6S. The van der Waals surface area contributed by atoms with Crippen LogP contribution in [0, 0.1) is 0 Å². The van der Waals surface area contributed by atoms with Crippen molar-refractivity contribution in [3.63, 3.8) is 0 Å². The molecule has 2 aromatic rings. The molecule has 0 bridgehead atoms. The lowest BCUT2D eigenvalue weighted by molar-refractivity contribution is -0.157. The van der Waals surface area contributed by atoms with Crippen molar-refractivity contribution >= 4 is 38.6 Å². The predicted molar refractivity (Wildman–Crippen MR) is 127 cm³/mol. The summed E-state index contributed by atoms with van der Waals surface area (Å²) in [4.78, 5) is 40.2. The fourth-order valence-electron chi connectivity index (χ4n) is 4.93. The maximum absolute atomic E-state index is 13.6. The number of nitrogens with one attached hydrogen (secondary N) is 1. The number of rotatable bonds is 5. The van der Waals surface area contributed by atoms with E-state index in [1.807, 2.05) is 30.3 Å². The number of carbonyl (C=O) groups excluding carboxylic acids is 2. The number of carboxylic acid groups (broad SMARTS) is 1. The Morgan fingerprint density at radius 3 is 2.50 bits per heavy atom. The standard InChI is InChI=1S/C24H29N3O6S/c1-2-34(32,33)26-14-17-10-4-6-13-20(23(29)27(17)21(15-26)24(30)31)25-22(28)19-12-7-9-16-8-3-5-11-18(16)19/h3,5,7-9,11-12,17,20-21H,2,4,6,10,13-15H2,1H3,(H,25,28)(H,30,31)/t17-,20-,21-/m0/s1. The molecule has 2 saturated heterocycles. The molecule has 3 atom stereocenters. The second-order valence-corrected chi connectivity index (χ2v) is 11.1. The first-order valence-corrected chi connectivity index (χ1v) is 13.1. The van der Waals surface area contributed by atoms with E-state index in [0.717, 1.165) is 10.8 Å². The number of benzene rings is 2. The number of amides is 2. The third-order valence-electron chi connectivity index (χ3n) is 6.74. The van der Waals surface area contributed by atoms with E-state index in [0.29, 0.717) is 31.2 Å². The molecule has 0 spiro atoms. The number of fused-ring (bicyclic) bond motifs is 2. The third-order valence-corrected chi connectivity index (χ3v) is 8.55. The number of hydrogen-bond acceptors (Lipinski definition) is 5. The van der Waals surface area contributed by atoms with Gasteiger partial charge in [0.2, 0.25) is 15.9 Å². The van der Waals surface area contributed by atoms with E-state index in [4.69, 9.17) is 0 Å². The smallest absolute Gasteiger partial charge is 0.327 e. The van der Waals surface area contributed by atoms with Crippen LogP contribution in [-0.2, 0) is 19.6 Å². The van der Waals surface area contributed by atoms with E-state index in [1.165, 1.54) is 16.1 Å². The second-order valence-electron chi connectivity index (χ2n) is 8.81. The minimum Gasteiger partial charge on any atom is -0.480 e. The molecule has 182 valence electrons. The van der Waals surface area contributed by atoms with E-state index in [2.05, 4.69) is 5.32 Å². The molecule has 2 amide bonds. The molecule has 2 aromatic carbocycles. The van der Waals surface area contributed by atoms with E-state index in [1.54, 1.807) is 12.1 Å². The highest BCUT2D eigenvalue weighted by Crippen LogP contribution is 2.27. The molecule has 2 heterocycles. The van der Waals surface area contributed by atoms with E-state index >= 15 is 0 Å². The second kappa shape index (κ2) is 9.71. The van der Waals surface area contributed by atoms with Gasteiger partial charge in [0.05, 0.1) is 5.75 Å². The summed E-state index contributed by atoms with van der Waals surface area (Å²) in [5.74, 6) is -2.26. The molecule has 4 rings (SSSR count). The van der Waals surface area contributed by atoms with Crippen molar-refractivity contribution in [1.29, 1.82) is 0 Å². The number of hydrogen-bond donors (Lipinski definition) is 2. The van der Waals surface area contributed by atoms with Gasteiger partial charge >= 0.3 is 5.97 Å². The highest BCUT2D eigenvalue weighted by atomic mass is 32.2. The van der Waals surface area contributed by atoms with E-state index < -0.39 is 45.9 Å². The SMILES string of the molecule is CCS(=O)(=O)N1C[C@@H]2CCCC[C@H](NC(=O)c3cccc4ccccc34)C(=O)N2[C@H](C(=O)O)C1. The lowest BCUT2D eigenvalue weighted by Crippen LogP contribution is -2.67. The Morgan fingerprint density at radius 2 is 1.76 bits per heavy atom. The number of aliphatic carboxylic acids is 1. The summed E-state index contributed by atoms with van der Waals surface area (Å²) in [6, 6.07) is 10.1. The topological polar surface area (TPSA) is 124 Å². The first kappa shape index (κ1) is 24.2. The quantitative estimate of drug-likeness (QED) is 0.663. The van der Waals surface area contributed by atoms with E-state index in [9.17, 15) is 27.9 Å². The first-order chi connectivity index (χ1) is 16.2. The molecule has 0 aromatic heterocycles. The summed E-state index contributed by atoms with van der Waals surface area (Å²) in [5.41, 5.74) is 0.443. The Kier molecular flexibility index (Phi) is 6.90. The van der Waals surface area contributed by atoms with Crippen LogP contribution in [0.4, 0.5) is 0 Å². The molecule has 0 unspecified atom stereocenters. The fraction of sp³-hybridized carbons (Fsp3) is 0.458. The Balaban J connectivity index is 1.61. The lowest BCUT2D eigenvalue weighted by Gasteiger charge is -2.46. The summed E-state index contributed by atoms with van der Waals surface area (Å²) in [6.07, 6.45) is 2.26. The maximum Gasteiger partial charge on any atom is 0.327 e. The summed E-state index contributed by atoms with van der Waals surface area (Å²) >= 11 is 0. The number of carboxylic acids is 1. The van der Waals surface area contributed by atoms with Crippen molar-refractivity contribution in [2.45, 2.75) is 50.7 Å². The van der Waals surface area contributed by atoms with Gasteiger partial charge in [0.25, 0.3) is 5.91 Å². The van der Waals surface area contributed by atoms with Crippen molar-refractivity contribution < 1.29 is 27.9 Å². The Labute approximate surface area is 198 Å².